The summed E-state index contributed by atoms with van der Waals surface area (Å²) < 4.78 is 0. The second-order valence-electron chi connectivity index (χ2n) is 5.03. The molecule has 1 saturated carbocycles. The van der Waals surface area contributed by atoms with E-state index in [9.17, 15) is 0 Å². The summed E-state index contributed by atoms with van der Waals surface area (Å²) in [5.41, 5.74) is 8.88. The standard InChI is InChI=1S/C14H21N3S/c1-10-9-11(3-6-13(10)14(15)18)16-7-8-17(2)12-4-5-12/h3,6,9,12,16H,4-5,7-8H2,1-2H3,(H2,15,18). The van der Waals surface area contributed by atoms with Gasteiger partial charge in [-0.15, -0.1) is 0 Å². The second-order valence-corrected chi connectivity index (χ2v) is 5.47. The highest BCUT2D eigenvalue weighted by Crippen LogP contribution is 2.24. The molecule has 0 atom stereocenters. The van der Waals surface area contributed by atoms with Gasteiger partial charge >= 0.3 is 0 Å². The summed E-state index contributed by atoms with van der Waals surface area (Å²) in [6.45, 7) is 4.09. The first-order valence-electron chi connectivity index (χ1n) is 6.42. The number of nitrogens with two attached hydrogens (primary N) is 1. The number of nitrogens with one attached hydrogen (secondary N) is 1. The molecule has 1 aromatic carbocycles. The molecule has 98 valence electrons. The van der Waals surface area contributed by atoms with E-state index in [2.05, 4.69) is 23.3 Å². The Morgan fingerprint density at radius 1 is 1.50 bits per heavy atom. The highest BCUT2D eigenvalue weighted by Gasteiger charge is 2.25. The number of likely N-dealkylation sites (N-methyl/N-ethyl adjacent to an activating group) is 1. The fraction of sp³-hybridized carbons (Fsp3) is 0.500. The van der Waals surface area contributed by atoms with Crippen molar-refractivity contribution in [3.05, 3.63) is 29.3 Å². The van der Waals surface area contributed by atoms with Crippen LogP contribution < -0.4 is 11.1 Å². The minimum atomic E-state index is 0.465. The summed E-state index contributed by atoms with van der Waals surface area (Å²) in [4.78, 5) is 2.89. The van der Waals surface area contributed by atoms with E-state index in [0.29, 0.717) is 4.99 Å². The maximum Gasteiger partial charge on any atom is 0.104 e. The molecule has 0 bridgehead atoms. The van der Waals surface area contributed by atoms with E-state index < -0.39 is 0 Å². The van der Waals surface area contributed by atoms with Crippen molar-refractivity contribution in [2.45, 2.75) is 25.8 Å². The third-order valence-corrected chi connectivity index (χ3v) is 3.68. The topological polar surface area (TPSA) is 41.3 Å². The quantitative estimate of drug-likeness (QED) is 0.772. The Labute approximate surface area is 114 Å². The number of thiocarbonyl (C=S) groups is 1. The third kappa shape index (κ3) is 3.43. The lowest BCUT2D eigenvalue weighted by Gasteiger charge is -2.16. The van der Waals surface area contributed by atoms with E-state index in [0.717, 1.165) is 35.9 Å². The number of hydrogen-bond donors (Lipinski definition) is 2. The molecule has 1 aromatic rings. The molecule has 2 rings (SSSR count). The SMILES string of the molecule is Cc1cc(NCCN(C)C2CC2)ccc1C(N)=S. The van der Waals surface area contributed by atoms with Crippen molar-refractivity contribution in [2.75, 3.05) is 25.5 Å². The minimum Gasteiger partial charge on any atom is -0.389 e. The summed E-state index contributed by atoms with van der Waals surface area (Å²) in [5.74, 6) is 0. The number of benzene rings is 1. The number of aryl methyl sites for hydroxylation is 1. The number of rotatable bonds is 6. The van der Waals surface area contributed by atoms with E-state index >= 15 is 0 Å². The highest BCUT2D eigenvalue weighted by molar-refractivity contribution is 7.80. The molecule has 0 aromatic heterocycles. The Morgan fingerprint density at radius 3 is 2.78 bits per heavy atom. The lowest BCUT2D eigenvalue weighted by molar-refractivity contribution is 0.337. The first-order valence-corrected chi connectivity index (χ1v) is 6.83. The molecule has 0 aliphatic heterocycles. The van der Waals surface area contributed by atoms with E-state index in [-0.39, 0.29) is 0 Å². The van der Waals surface area contributed by atoms with Gasteiger partial charge in [-0.05, 0) is 50.6 Å². The van der Waals surface area contributed by atoms with Crippen LogP contribution in [0.15, 0.2) is 18.2 Å². The van der Waals surface area contributed by atoms with Gasteiger partial charge in [0.15, 0.2) is 0 Å². The molecule has 1 aliphatic carbocycles. The average Bonchev–Trinajstić information content (AvgIpc) is 3.12. The van der Waals surface area contributed by atoms with Crippen molar-refractivity contribution in [3.63, 3.8) is 0 Å². The maximum atomic E-state index is 5.65. The van der Waals surface area contributed by atoms with Crippen LogP contribution >= 0.6 is 12.2 Å². The molecular weight excluding hydrogens is 242 g/mol. The molecule has 0 spiro atoms. The normalized spacial score (nSPS) is 14.8. The van der Waals surface area contributed by atoms with Gasteiger partial charge in [0.05, 0.1) is 0 Å². The van der Waals surface area contributed by atoms with E-state index in [1.54, 1.807) is 0 Å². The van der Waals surface area contributed by atoms with Gasteiger partial charge in [-0.2, -0.15) is 0 Å². The fourth-order valence-corrected chi connectivity index (χ4v) is 2.35. The smallest absolute Gasteiger partial charge is 0.104 e. The Hall–Kier alpha value is -1.13. The predicted molar refractivity (Wildman–Crippen MR) is 81.2 cm³/mol. The Bertz CT molecular complexity index is 441. The number of nitrogens with zero attached hydrogens (tertiary/aromatic N) is 1. The van der Waals surface area contributed by atoms with Crippen LogP contribution in [0, 0.1) is 6.92 Å². The van der Waals surface area contributed by atoms with E-state index in [1.807, 2.05) is 19.1 Å². The minimum absolute atomic E-state index is 0.465. The van der Waals surface area contributed by atoms with Gasteiger partial charge in [-0.25, -0.2) is 0 Å². The molecule has 0 unspecified atom stereocenters. The molecule has 18 heavy (non-hydrogen) atoms. The molecule has 1 aliphatic rings. The van der Waals surface area contributed by atoms with Crippen LogP contribution in [0.2, 0.25) is 0 Å². The second kappa shape index (κ2) is 5.67. The number of hydrogen-bond acceptors (Lipinski definition) is 3. The zero-order valence-electron chi connectivity index (χ0n) is 11.1. The van der Waals surface area contributed by atoms with E-state index in [1.165, 1.54) is 12.8 Å². The van der Waals surface area contributed by atoms with Gasteiger partial charge in [0.2, 0.25) is 0 Å². The zero-order valence-corrected chi connectivity index (χ0v) is 11.9. The van der Waals surface area contributed by atoms with Gasteiger partial charge in [0.25, 0.3) is 0 Å². The van der Waals surface area contributed by atoms with Gasteiger partial charge in [0, 0.05) is 30.4 Å². The largest absolute Gasteiger partial charge is 0.389 e. The lowest BCUT2D eigenvalue weighted by Crippen LogP contribution is -2.27. The van der Waals surface area contributed by atoms with Crippen LogP contribution in [0.1, 0.15) is 24.0 Å². The van der Waals surface area contributed by atoms with Crippen LogP contribution in [0.5, 0.6) is 0 Å². The molecule has 0 amide bonds. The third-order valence-electron chi connectivity index (χ3n) is 3.46. The average molecular weight is 263 g/mol. The van der Waals surface area contributed by atoms with Crippen molar-refractivity contribution in [3.8, 4) is 0 Å². The zero-order chi connectivity index (χ0) is 13.1. The Kier molecular flexibility index (Phi) is 4.19. The molecule has 3 N–H and O–H groups in total. The van der Waals surface area contributed by atoms with Crippen LogP contribution in [-0.4, -0.2) is 36.1 Å². The summed E-state index contributed by atoms with van der Waals surface area (Å²) >= 11 is 5.00. The summed E-state index contributed by atoms with van der Waals surface area (Å²) in [7, 11) is 2.19. The Balaban J connectivity index is 1.85. The number of anilines is 1. The van der Waals surface area contributed by atoms with Gasteiger partial charge in [0.1, 0.15) is 4.99 Å². The Morgan fingerprint density at radius 2 is 2.22 bits per heavy atom. The fourth-order valence-electron chi connectivity index (χ4n) is 2.12. The van der Waals surface area contributed by atoms with E-state index in [4.69, 9.17) is 18.0 Å². The molecule has 0 heterocycles. The highest BCUT2D eigenvalue weighted by atomic mass is 32.1. The predicted octanol–water partition coefficient (Wildman–Crippen LogP) is 2.14. The molecule has 0 saturated heterocycles. The van der Waals surface area contributed by atoms with Crippen LogP contribution in [-0.2, 0) is 0 Å². The monoisotopic (exact) mass is 263 g/mol. The molecule has 0 radical (unpaired) electrons. The molecule has 1 fully saturated rings. The van der Waals surface area contributed by atoms with Crippen molar-refractivity contribution in [2.24, 2.45) is 5.73 Å². The molecule has 4 heteroatoms. The van der Waals surface area contributed by atoms with Gasteiger partial charge in [-0.1, -0.05) is 12.2 Å². The maximum absolute atomic E-state index is 5.65. The first-order chi connectivity index (χ1) is 8.58. The van der Waals surface area contributed by atoms with Crippen molar-refractivity contribution >= 4 is 22.9 Å². The van der Waals surface area contributed by atoms with Crippen molar-refractivity contribution in [1.82, 2.24) is 4.90 Å². The van der Waals surface area contributed by atoms with Crippen molar-refractivity contribution < 1.29 is 0 Å². The summed E-state index contributed by atoms with van der Waals surface area (Å²) in [5, 5.41) is 3.44. The first kappa shape index (κ1) is 13.3. The van der Waals surface area contributed by atoms with Crippen LogP contribution in [0.4, 0.5) is 5.69 Å². The van der Waals surface area contributed by atoms with Gasteiger partial charge in [-0.3, -0.25) is 0 Å². The van der Waals surface area contributed by atoms with Crippen molar-refractivity contribution in [1.29, 1.82) is 0 Å². The lowest BCUT2D eigenvalue weighted by atomic mass is 10.1. The summed E-state index contributed by atoms with van der Waals surface area (Å²) in [6.07, 6.45) is 2.72. The van der Waals surface area contributed by atoms with Crippen LogP contribution in [0.3, 0.4) is 0 Å². The summed E-state index contributed by atoms with van der Waals surface area (Å²) in [6, 6.07) is 6.96. The van der Waals surface area contributed by atoms with Crippen LogP contribution in [0.25, 0.3) is 0 Å². The molecular formula is C14H21N3S. The van der Waals surface area contributed by atoms with Gasteiger partial charge < -0.3 is 16.0 Å². The molecule has 3 nitrogen and oxygen atoms in total.